The number of esters is 1. The molecule has 0 saturated heterocycles. The van der Waals surface area contributed by atoms with Crippen molar-refractivity contribution in [3.05, 3.63) is 86.7 Å². The van der Waals surface area contributed by atoms with E-state index < -0.39 is 40.9 Å². The summed E-state index contributed by atoms with van der Waals surface area (Å²) in [5, 5.41) is 16.2. The Balaban J connectivity index is 0.000000271. The van der Waals surface area contributed by atoms with Gasteiger partial charge in [0.05, 0.1) is 35.2 Å². The van der Waals surface area contributed by atoms with Gasteiger partial charge in [-0.2, -0.15) is 0 Å². The first-order valence-electron chi connectivity index (χ1n) is 9.29. The lowest BCUT2D eigenvalue weighted by Gasteiger charge is -2.04. The van der Waals surface area contributed by atoms with Gasteiger partial charge in [0.25, 0.3) is 0 Å². The summed E-state index contributed by atoms with van der Waals surface area (Å²) >= 11 is 10.8. The molecule has 0 radical (unpaired) electrons. The summed E-state index contributed by atoms with van der Waals surface area (Å²) in [6.45, 7) is 0. The SMILES string of the molecule is COC(=O)c1ccc(N)c(Cl)c1F.Nc1ccc(C(=O)O)c(F)c1.Nc1ccc(C(=O)O)c(F)c1Cl. The van der Waals surface area contributed by atoms with Gasteiger partial charge in [0, 0.05) is 5.69 Å². The first-order chi connectivity index (χ1) is 16.7. The molecule has 0 aliphatic rings. The van der Waals surface area contributed by atoms with Gasteiger partial charge in [-0.15, -0.1) is 0 Å². The molecule has 0 aliphatic carbocycles. The number of rotatable bonds is 3. The van der Waals surface area contributed by atoms with Crippen LogP contribution < -0.4 is 17.2 Å². The zero-order chi connectivity index (χ0) is 27.7. The summed E-state index contributed by atoms with van der Waals surface area (Å²) in [5.41, 5.74) is 15.0. The molecule has 0 aromatic heterocycles. The molecule has 0 heterocycles. The second-order valence-electron chi connectivity index (χ2n) is 6.50. The van der Waals surface area contributed by atoms with Crippen molar-refractivity contribution in [3.8, 4) is 0 Å². The predicted molar refractivity (Wildman–Crippen MR) is 128 cm³/mol. The smallest absolute Gasteiger partial charge is 0.340 e. The maximum atomic E-state index is 13.2. The molecule has 0 atom stereocenters. The van der Waals surface area contributed by atoms with Crippen LogP contribution in [0.1, 0.15) is 31.1 Å². The number of carbonyl (C=O) groups is 3. The summed E-state index contributed by atoms with van der Waals surface area (Å²) in [6, 6.07) is 8.33. The molecule has 14 heteroatoms. The van der Waals surface area contributed by atoms with Crippen LogP contribution in [0.3, 0.4) is 0 Å². The normalized spacial score (nSPS) is 9.72. The third kappa shape index (κ3) is 7.68. The van der Waals surface area contributed by atoms with Crippen molar-refractivity contribution in [1.29, 1.82) is 0 Å². The van der Waals surface area contributed by atoms with Gasteiger partial charge in [0.1, 0.15) is 15.9 Å². The Morgan fingerprint density at radius 1 is 0.750 bits per heavy atom. The lowest BCUT2D eigenvalue weighted by atomic mass is 10.2. The molecule has 0 spiro atoms. The number of halogens is 5. The van der Waals surface area contributed by atoms with E-state index in [2.05, 4.69) is 4.74 Å². The number of hydrogen-bond acceptors (Lipinski definition) is 7. The Morgan fingerprint density at radius 3 is 1.58 bits per heavy atom. The zero-order valence-corrected chi connectivity index (χ0v) is 19.7. The minimum absolute atomic E-state index is 0.0270. The first kappa shape index (κ1) is 29.9. The highest BCUT2D eigenvalue weighted by atomic mass is 35.5. The van der Waals surface area contributed by atoms with Crippen LogP contribution >= 0.6 is 23.2 Å². The van der Waals surface area contributed by atoms with E-state index in [0.717, 1.165) is 25.3 Å². The van der Waals surface area contributed by atoms with Crippen LogP contribution in [0.2, 0.25) is 10.0 Å². The minimum atomic E-state index is -1.37. The molecule has 9 nitrogen and oxygen atoms in total. The molecule has 0 bridgehead atoms. The van der Waals surface area contributed by atoms with Crippen molar-refractivity contribution in [2.75, 3.05) is 24.3 Å². The Bertz CT molecular complexity index is 1310. The summed E-state index contributed by atoms with van der Waals surface area (Å²) < 4.78 is 43.1. The number of benzene rings is 3. The number of anilines is 3. The van der Waals surface area contributed by atoms with Crippen LogP contribution in [0.4, 0.5) is 30.2 Å². The zero-order valence-electron chi connectivity index (χ0n) is 18.2. The Hall–Kier alpha value is -4.16. The van der Waals surface area contributed by atoms with Crippen molar-refractivity contribution in [2.24, 2.45) is 0 Å². The molecule has 0 amide bonds. The van der Waals surface area contributed by atoms with Crippen molar-refractivity contribution in [1.82, 2.24) is 0 Å². The summed E-state index contributed by atoms with van der Waals surface area (Å²) in [7, 11) is 1.16. The number of carboxylic acid groups (broad SMARTS) is 2. The Morgan fingerprint density at radius 2 is 1.17 bits per heavy atom. The average Bonchev–Trinajstić information content (AvgIpc) is 2.81. The van der Waals surface area contributed by atoms with Crippen LogP contribution in [0, 0.1) is 17.5 Å². The fraction of sp³-hybridized carbons (Fsp3) is 0.0455. The summed E-state index contributed by atoms with van der Waals surface area (Å²) in [4.78, 5) is 31.5. The lowest BCUT2D eigenvalue weighted by Crippen LogP contribution is -2.05. The number of methoxy groups -OCH3 is 1. The molecule has 192 valence electrons. The van der Waals surface area contributed by atoms with Crippen molar-refractivity contribution < 1.29 is 42.5 Å². The molecule has 0 unspecified atom stereocenters. The van der Waals surface area contributed by atoms with Gasteiger partial charge in [-0.1, -0.05) is 23.2 Å². The number of carboxylic acids is 2. The monoisotopic (exact) mass is 547 g/mol. The van der Waals surface area contributed by atoms with E-state index in [4.69, 9.17) is 50.6 Å². The first-order valence-corrected chi connectivity index (χ1v) is 10.0. The van der Waals surface area contributed by atoms with Crippen LogP contribution in [-0.4, -0.2) is 35.2 Å². The molecule has 36 heavy (non-hydrogen) atoms. The van der Waals surface area contributed by atoms with E-state index in [1.165, 1.54) is 24.3 Å². The number of carbonyl (C=O) groups excluding carboxylic acids is 1. The number of hydrogen-bond donors (Lipinski definition) is 5. The highest BCUT2D eigenvalue weighted by Crippen LogP contribution is 2.26. The third-order valence-electron chi connectivity index (χ3n) is 4.08. The minimum Gasteiger partial charge on any atom is -0.478 e. The lowest BCUT2D eigenvalue weighted by molar-refractivity contribution is 0.0593. The van der Waals surface area contributed by atoms with Gasteiger partial charge in [-0.05, 0) is 42.5 Å². The molecular formula is C22H18Cl2F3N3O6. The van der Waals surface area contributed by atoms with Crippen molar-refractivity contribution in [3.63, 3.8) is 0 Å². The van der Waals surface area contributed by atoms with Gasteiger partial charge in [0.2, 0.25) is 0 Å². The van der Waals surface area contributed by atoms with Gasteiger partial charge in [0.15, 0.2) is 11.6 Å². The van der Waals surface area contributed by atoms with Gasteiger partial charge >= 0.3 is 17.9 Å². The van der Waals surface area contributed by atoms with E-state index in [1.54, 1.807) is 0 Å². The van der Waals surface area contributed by atoms with E-state index in [-0.39, 0.29) is 38.2 Å². The topological polar surface area (TPSA) is 179 Å². The highest BCUT2D eigenvalue weighted by molar-refractivity contribution is 6.34. The Labute approximate surface area is 211 Å². The van der Waals surface area contributed by atoms with Crippen molar-refractivity contribution >= 4 is 58.2 Å². The Kier molecular flexibility index (Phi) is 10.8. The quantitative estimate of drug-likeness (QED) is 0.229. The van der Waals surface area contributed by atoms with E-state index in [1.807, 2.05) is 0 Å². The van der Waals surface area contributed by atoms with Crippen molar-refractivity contribution in [2.45, 2.75) is 0 Å². The van der Waals surface area contributed by atoms with Crippen LogP contribution in [0.5, 0.6) is 0 Å². The van der Waals surface area contributed by atoms with Crippen LogP contribution in [-0.2, 0) is 4.74 Å². The fourth-order valence-corrected chi connectivity index (χ4v) is 2.60. The van der Waals surface area contributed by atoms with E-state index in [0.29, 0.717) is 0 Å². The largest absolute Gasteiger partial charge is 0.478 e. The standard InChI is InChI=1S/C8H7ClFNO2.C7H5ClFNO2.C7H6FNO2/c1-13-8(12)4-2-3-5(11)6(9)7(4)10;8-5-4(10)2-1-3(6(5)9)7(11)12;8-6-3-4(9)1-2-5(6)7(10)11/h2-3H,11H2,1H3;1-2H,10H2,(H,11,12);1-3H,9H2,(H,10,11). The predicted octanol–water partition coefficient (Wildman–Crippen LogP) is 4.71. The highest BCUT2D eigenvalue weighted by Gasteiger charge is 2.16. The second-order valence-corrected chi connectivity index (χ2v) is 7.26. The number of aromatic carboxylic acids is 2. The molecule has 3 aromatic rings. The number of ether oxygens (including phenoxy) is 1. The van der Waals surface area contributed by atoms with Gasteiger partial charge in [-0.25, -0.2) is 27.6 Å². The van der Waals surface area contributed by atoms with E-state index >= 15 is 0 Å². The fourth-order valence-electron chi connectivity index (χ4n) is 2.27. The summed E-state index contributed by atoms with van der Waals surface area (Å²) in [6.07, 6.45) is 0. The number of nitrogen functional groups attached to an aromatic ring is 3. The van der Waals surface area contributed by atoms with Crippen LogP contribution in [0.15, 0.2) is 42.5 Å². The molecule has 0 aliphatic heterocycles. The average molecular weight is 548 g/mol. The third-order valence-corrected chi connectivity index (χ3v) is 4.85. The van der Waals surface area contributed by atoms with Gasteiger partial charge in [-0.3, -0.25) is 0 Å². The van der Waals surface area contributed by atoms with Crippen LogP contribution in [0.25, 0.3) is 0 Å². The second kappa shape index (κ2) is 13.1. The maximum absolute atomic E-state index is 13.2. The van der Waals surface area contributed by atoms with Gasteiger partial charge < -0.3 is 32.2 Å². The molecule has 3 rings (SSSR count). The molecule has 3 aromatic carbocycles. The molecule has 0 saturated carbocycles. The number of nitrogens with two attached hydrogens (primary N) is 3. The molecule has 0 fully saturated rings. The molecule has 8 N–H and O–H groups in total. The van der Waals surface area contributed by atoms with E-state index in [9.17, 15) is 27.6 Å². The summed E-state index contributed by atoms with van der Waals surface area (Å²) in [5.74, 6) is -6.09. The molecular weight excluding hydrogens is 530 g/mol. The maximum Gasteiger partial charge on any atom is 0.340 e.